The molecule has 1 aromatic carbocycles. The Kier molecular flexibility index (Phi) is 4.85. The van der Waals surface area contributed by atoms with Gasteiger partial charge in [0, 0.05) is 0 Å². The van der Waals surface area contributed by atoms with Gasteiger partial charge in [0.05, 0.1) is 0 Å². The Morgan fingerprint density at radius 1 is 1.06 bits per heavy atom. The first-order valence-corrected chi connectivity index (χ1v) is 7.08. The molecule has 0 spiro atoms. The first-order valence-electron chi connectivity index (χ1n) is 7.08. The number of aryl methyl sites for hydroxylation is 2. The van der Waals surface area contributed by atoms with E-state index in [2.05, 4.69) is 37.3 Å². The highest BCUT2D eigenvalue weighted by atomic mass is 14.1. The molecule has 0 amide bonds. The van der Waals surface area contributed by atoms with Gasteiger partial charge in [0.15, 0.2) is 0 Å². The van der Waals surface area contributed by atoms with Gasteiger partial charge in [-0.2, -0.15) is 0 Å². The van der Waals surface area contributed by atoms with Crippen LogP contribution in [0.3, 0.4) is 0 Å². The van der Waals surface area contributed by atoms with Gasteiger partial charge in [0.1, 0.15) is 0 Å². The summed E-state index contributed by atoms with van der Waals surface area (Å²) < 4.78 is 0. The topological polar surface area (TPSA) is 0 Å². The normalized spacial score (nSPS) is 15.7. The van der Waals surface area contributed by atoms with Gasteiger partial charge in [0.25, 0.3) is 0 Å². The molecular formula is C17H24. The molecule has 1 aliphatic carbocycles. The summed E-state index contributed by atoms with van der Waals surface area (Å²) in [5.41, 5.74) is 4.61. The van der Waals surface area contributed by atoms with Crippen LogP contribution in [0, 0.1) is 6.92 Å². The fraction of sp³-hybridized carbons (Fsp3) is 0.529. The minimum atomic E-state index is 1.25. The van der Waals surface area contributed by atoms with Gasteiger partial charge in [0.2, 0.25) is 0 Å². The van der Waals surface area contributed by atoms with Crippen molar-refractivity contribution in [2.45, 2.75) is 58.3 Å². The summed E-state index contributed by atoms with van der Waals surface area (Å²) in [7, 11) is 0. The van der Waals surface area contributed by atoms with Crippen LogP contribution in [0.2, 0.25) is 0 Å². The molecule has 0 unspecified atom stereocenters. The van der Waals surface area contributed by atoms with Crippen LogP contribution < -0.4 is 0 Å². The van der Waals surface area contributed by atoms with Gasteiger partial charge >= 0.3 is 0 Å². The fourth-order valence-corrected chi connectivity index (χ4v) is 2.68. The van der Waals surface area contributed by atoms with E-state index in [4.69, 9.17) is 0 Å². The van der Waals surface area contributed by atoms with Crippen LogP contribution in [0.1, 0.15) is 56.1 Å². The first-order chi connectivity index (χ1) is 8.34. The maximum absolute atomic E-state index is 2.48. The van der Waals surface area contributed by atoms with Crippen molar-refractivity contribution in [2.75, 3.05) is 0 Å². The van der Waals surface area contributed by atoms with E-state index in [0.29, 0.717) is 0 Å². The van der Waals surface area contributed by atoms with E-state index in [-0.39, 0.29) is 0 Å². The number of hydrogen-bond donors (Lipinski definition) is 0. The molecule has 92 valence electrons. The van der Waals surface area contributed by atoms with Crippen LogP contribution in [-0.4, -0.2) is 0 Å². The van der Waals surface area contributed by atoms with Crippen molar-refractivity contribution in [1.82, 2.24) is 0 Å². The molecule has 0 saturated carbocycles. The Labute approximate surface area is 106 Å². The number of benzene rings is 1. The molecule has 0 fully saturated rings. The average Bonchev–Trinajstić information content (AvgIpc) is 2.36. The Hall–Kier alpha value is -1.04. The molecule has 0 heteroatoms. The third kappa shape index (κ3) is 4.38. The third-order valence-electron chi connectivity index (χ3n) is 3.68. The summed E-state index contributed by atoms with van der Waals surface area (Å²) in [5, 5.41) is 0. The van der Waals surface area contributed by atoms with E-state index in [1.807, 2.05) is 0 Å². The fourth-order valence-electron chi connectivity index (χ4n) is 2.68. The van der Waals surface area contributed by atoms with Crippen LogP contribution in [0.5, 0.6) is 0 Å². The smallest absolute Gasteiger partial charge is 0.0279 e. The Bertz CT molecular complexity index is 373. The summed E-state index contributed by atoms with van der Waals surface area (Å²) in [6.45, 7) is 2.18. The molecule has 0 saturated heterocycles. The molecule has 17 heavy (non-hydrogen) atoms. The number of unbranched alkanes of at least 4 members (excludes halogenated alkanes) is 1. The largest absolute Gasteiger partial charge is 0.0853 e. The van der Waals surface area contributed by atoms with E-state index in [9.17, 15) is 0 Å². The molecule has 0 atom stereocenters. The Balaban J connectivity index is 1.67. The van der Waals surface area contributed by atoms with E-state index >= 15 is 0 Å². The summed E-state index contributed by atoms with van der Waals surface area (Å²) in [5.74, 6) is 0. The molecule has 2 rings (SSSR count). The van der Waals surface area contributed by atoms with Crippen LogP contribution in [0.25, 0.3) is 0 Å². The van der Waals surface area contributed by atoms with Crippen LogP contribution in [-0.2, 0) is 6.42 Å². The zero-order chi connectivity index (χ0) is 11.9. The second-order valence-corrected chi connectivity index (χ2v) is 5.30. The minimum absolute atomic E-state index is 1.25. The van der Waals surface area contributed by atoms with Crippen molar-refractivity contribution in [3.05, 3.63) is 47.0 Å². The predicted molar refractivity (Wildman–Crippen MR) is 75.3 cm³/mol. The minimum Gasteiger partial charge on any atom is -0.0853 e. The molecule has 0 aromatic heterocycles. The maximum Gasteiger partial charge on any atom is -0.0279 e. The van der Waals surface area contributed by atoms with Gasteiger partial charge in [-0.1, -0.05) is 41.5 Å². The number of hydrogen-bond acceptors (Lipinski definition) is 0. The highest BCUT2D eigenvalue weighted by Gasteiger charge is 2.03. The van der Waals surface area contributed by atoms with Gasteiger partial charge in [-0.05, 0) is 63.9 Å². The lowest BCUT2D eigenvalue weighted by atomic mass is 9.94. The summed E-state index contributed by atoms with van der Waals surface area (Å²) in [6, 6.07) is 8.93. The van der Waals surface area contributed by atoms with E-state index in [1.165, 1.54) is 62.5 Å². The Morgan fingerprint density at radius 3 is 2.71 bits per heavy atom. The van der Waals surface area contributed by atoms with Gasteiger partial charge < -0.3 is 0 Å². The molecule has 0 aliphatic heterocycles. The van der Waals surface area contributed by atoms with Crippen LogP contribution in [0.4, 0.5) is 0 Å². The predicted octanol–water partition coefficient (Wildman–Crippen LogP) is 5.21. The van der Waals surface area contributed by atoms with Gasteiger partial charge in [-0.25, -0.2) is 0 Å². The first kappa shape index (κ1) is 12.4. The summed E-state index contributed by atoms with van der Waals surface area (Å²) in [6.07, 6.45) is 13.3. The maximum atomic E-state index is 2.48. The van der Waals surface area contributed by atoms with Crippen molar-refractivity contribution in [1.29, 1.82) is 0 Å². The standard InChI is InChI=1S/C17H24/c1-15-8-7-13-17(14-15)12-6-5-11-16-9-3-2-4-10-16/h7-9,13-14H,2-6,10-12H2,1H3. The summed E-state index contributed by atoms with van der Waals surface area (Å²) in [4.78, 5) is 0. The molecule has 1 aromatic rings. The Morgan fingerprint density at radius 2 is 1.94 bits per heavy atom. The van der Waals surface area contributed by atoms with Gasteiger partial charge in [-0.15, -0.1) is 0 Å². The molecular weight excluding hydrogens is 204 g/mol. The zero-order valence-corrected chi connectivity index (χ0v) is 11.0. The molecule has 0 radical (unpaired) electrons. The molecule has 0 heterocycles. The zero-order valence-electron chi connectivity index (χ0n) is 11.0. The summed E-state index contributed by atoms with van der Waals surface area (Å²) >= 11 is 0. The lowest BCUT2D eigenvalue weighted by molar-refractivity contribution is 0.643. The van der Waals surface area contributed by atoms with Crippen LogP contribution in [0.15, 0.2) is 35.9 Å². The van der Waals surface area contributed by atoms with Crippen molar-refractivity contribution in [2.24, 2.45) is 0 Å². The van der Waals surface area contributed by atoms with Crippen molar-refractivity contribution >= 4 is 0 Å². The average molecular weight is 228 g/mol. The number of allylic oxidation sites excluding steroid dienone is 2. The SMILES string of the molecule is Cc1cccc(CCCCC2=CCCCC2)c1. The monoisotopic (exact) mass is 228 g/mol. The van der Waals surface area contributed by atoms with Crippen molar-refractivity contribution < 1.29 is 0 Å². The quantitative estimate of drug-likeness (QED) is 0.479. The molecule has 0 N–H and O–H groups in total. The van der Waals surface area contributed by atoms with Crippen molar-refractivity contribution in [3.63, 3.8) is 0 Å². The second kappa shape index (κ2) is 6.64. The van der Waals surface area contributed by atoms with Gasteiger partial charge in [-0.3, -0.25) is 0 Å². The molecule has 0 bridgehead atoms. The third-order valence-corrected chi connectivity index (χ3v) is 3.68. The lowest BCUT2D eigenvalue weighted by Crippen LogP contribution is -1.93. The van der Waals surface area contributed by atoms with E-state index in [1.54, 1.807) is 5.57 Å². The second-order valence-electron chi connectivity index (χ2n) is 5.30. The molecule has 0 nitrogen and oxygen atoms in total. The molecule has 1 aliphatic rings. The lowest BCUT2D eigenvalue weighted by Gasteiger charge is -2.12. The van der Waals surface area contributed by atoms with Crippen LogP contribution >= 0.6 is 0 Å². The number of rotatable bonds is 5. The van der Waals surface area contributed by atoms with E-state index < -0.39 is 0 Å². The van der Waals surface area contributed by atoms with E-state index in [0.717, 1.165) is 0 Å². The highest BCUT2D eigenvalue weighted by Crippen LogP contribution is 2.22. The van der Waals surface area contributed by atoms with Crippen molar-refractivity contribution in [3.8, 4) is 0 Å². The highest BCUT2D eigenvalue weighted by molar-refractivity contribution is 5.22.